The summed E-state index contributed by atoms with van der Waals surface area (Å²) in [5.74, 6) is 0.652. The number of rotatable bonds is 4. The van der Waals surface area contributed by atoms with E-state index in [1.807, 2.05) is 0 Å². The lowest BCUT2D eigenvalue weighted by Crippen LogP contribution is -2.36. The summed E-state index contributed by atoms with van der Waals surface area (Å²) in [6, 6.07) is 12.1. The van der Waals surface area contributed by atoms with E-state index in [9.17, 15) is 0 Å². The first kappa shape index (κ1) is 15.5. The minimum atomic E-state index is 0. The van der Waals surface area contributed by atoms with Crippen molar-refractivity contribution in [3.8, 4) is 0 Å². The maximum atomic E-state index is 3.87. The molecule has 0 saturated heterocycles. The molecule has 1 aliphatic rings. The Morgan fingerprint density at radius 2 is 1.61 bits per heavy atom. The van der Waals surface area contributed by atoms with Gasteiger partial charge < -0.3 is 5.32 Å². The number of nitrogens with one attached hydrogen (secondary N) is 1. The predicted molar refractivity (Wildman–Crippen MR) is 81.3 cm³/mol. The van der Waals surface area contributed by atoms with Crippen LogP contribution >= 0.6 is 12.4 Å². The third kappa shape index (κ3) is 4.29. The Morgan fingerprint density at radius 1 is 1.00 bits per heavy atom. The summed E-state index contributed by atoms with van der Waals surface area (Å²) >= 11 is 0. The van der Waals surface area contributed by atoms with Gasteiger partial charge in [-0.05, 0) is 24.3 Å². The van der Waals surface area contributed by atoms with Crippen LogP contribution in [0.15, 0.2) is 30.3 Å². The molecule has 0 amide bonds. The average Bonchev–Trinajstić information content (AvgIpc) is 2.38. The molecule has 0 radical (unpaired) electrons. The maximum Gasteiger partial charge on any atom is 0.0345 e. The van der Waals surface area contributed by atoms with E-state index in [-0.39, 0.29) is 12.4 Å². The normalized spacial score (nSPS) is 18.4. The van der Waals surface area contributed by atoms with Crippen molar-refractivity contribution >= 4 is 12.4 Å². The van der Waals surface area contributed by atoms with E-state index in [1.165, 1.54) is 37.7 Å². The fraction of sp³-hybridized carbons (Fsp3) is 0.625. The van der Waals surface area contributed by atoms with Crippen LogP contribution in [0.25, 0.3) is 0 Å². The second-order valence-electron chi connectivity index (χ2n) is 5.63. The second kappa shape index (κ2) is 7.81. The summed E-state index contributed by atoms with van der Waals surface area (Å²) < 4.78 is 0. The number of hydrogen-bond acceptors (Lipinski definition) is 1. The topological polar surface area (TPSA) is 12.0 Å². The summed E-state index contributed by atoms with van der Waals surface area (Å²) in [5, 5.41) is 3.87. The second-order valence-corrected chi connectivity index (χ2v) is 5.63. The minimum Gasteiger partial charge on any atom is -0.307 e. The van der Waals surface area contributed by atoms with Crippen molar-refractivity contribution in [2.24, 2.45) is 5.92 Å². The lowest BCUT2D eigenvalue weighted by Gasteiger charge is -2.31. The lowest BCUT2D eigenvalue weighted by atomic mass is 9.90. The van der Waals surface area contributed by atoms with E-state index in [0.717, 1.165) is 6.04 Å². The van der Waals surface area contributed by atoms with Gasteiger partial charge in [-0.3, -0.25) is 0 Å². The minimum absolute atomic E-state index is 0. The van der Waals surface area contributed by atoms with Crippen LogP contribution in [0, 0.1) is 5.92 Å². The largest absolute Gasteiger partial charge is 0.307 e. The van der Waals surface area contributed by atoms with Crippen LogP contribution in [0.4, 0.5) is 0 Å². The van der Waals surface area contributed by atoms with Gasteiger partial charge in [0, 0.05) is 12.1 Å². The molecule has 1 aromatic rings. The highest BCUT2D eigenvalue weighted by molar-refractivity contribution is 5.85. The summed E-state index contributed by atoms with van der Waals surface area (Å²) in [6.07, 6.45) is 6.94. The van der Waals surface area contributed by atoms with Crippen molar-refractivity contribution in [1.29, 1.82) is 0 Å². The van der Waals surface area contributed by atoms with Crippen molar-refractivity contribution in [1.82, 2.24) is 5.32 Å². The van der Waals surface area contributed by atoms with Crippen LogP contribution in [-0.2, 0) is 0 Å². The number of halogens is 1. The van der Waals surface area contributed by atoms with Gasteiger partial charge in [-0.25, -0.2) is 0 Å². The van der Waals surface area contributed by atoms with E-state index < -0.39 is 0 Å². The average molecular weight is 268 g/mol. The van der Waals surface area contributed by atoms with E-state index in [1.54, 1.807) is 0 Å². The highest BCUT2D eigenvalue weighted by Gasteiger charge is 2.21. The van der Waals surface area contributed by atoms with Gasteiger partial charge in [0.05, 0.1) is 0 Å². The van der Waals surface area contributed by atoms with Crippen LogP contribution in [0.3, 0.4) is 0 Å². The highest BCUT2D eigenvalue weighted by Crippen LogP contribution is 2.26. The number of hydrogen-bond donors (Lipinski definition) is 1. The lowest BCUT2D eigenvalue weighted by molar-refractivity contribution is 0.300. The molecule has 1 fully saturated rings. The number of benzene rings is 1. The van der Waals surface area contributed by atoms with Gasteiger partial charge in [-0.15, -0.1) is 12.4 Å². The van der Waals surface area contributed by atoms with Crippen molar-refractivity contribution < 1.29 is 0 Å². The Bertz CT molecular complexity index is 317. The summed E-state index contributed by atoms with van der Waals surface area (Å²) in [7, 11) is 0. The predicted octanol–water partition coefficient (Wildman–Crippen LogP) is 4.73. The van der Waals surface area contributed by atoms with Crippen LogP contribution in [0.2, 0.25) is 0 Å². The molecule has 1 atom stereocenters. The van der Waals surface area contributed by atoms with E-state index in [0.29, 0.717) is 12.0 Å². The molecule has 1 saturated carbocycles. The highest BCUT2D eigenvalue weighted by atomic mass is 35.5. The first-order chi connectivity index (χ1) is 8.27. The van der Waals surface area contributed by atoms with Gasteiger partial charge in [0.25, 0.3) is 0 Å². The van der Waals surface area contributed by atoms with E-state index in [2.05, 4.69) is 49.5 Å². The van der Waals surface area contributed by atoms with Gasteiger partial charge in [-0.2, -0.15) is 0 Å². The zero-order valence-electron chi connectivity index (χ0n) is 11.6. The molecule has 1 unspecified atom stereocenters. The molecule has 0 aromatic heterocycles. The Morgan fingerprint density at radius 3 is 2.17 bits per heavy atom. The standard InChI is InChI=1S/C16H25N.ClH/c1-13(2)16(14-9-5-3-6-10-14)17-15-11-7-4-8-12-15;/h3,5-6,9-10,13,15-17H,4,7-8,11-12H2,1-2H3;1H. The van der Waals surface area contributed by atoms with Crippen molar-refractivity contribution in [3.63, 3.8) is 0 Å². The maximum absolute atomic E-state index is 3.87. The van der Waals surface area contributed by atoms with Gasteiger partial charge in [-0.1, -0.05) is 63.4 Å². The van der Waals surface area contributed by atoms with Crippen molar-refractivity contribution in [3.05, 3.63) is 35.9 Å². The molecule has 0 spiro atoms. The molecule has 0 heterocycles. The molecule has 0 bridgehead atoms. The molecule has 2 rings (SSSR count). The molecular formula is C16H26ClN. The molecule has 0 aliphatic heterocycles. The fourth-order valence-corrected chi connectivity index (χ4v) is 2.86. The molecule has 1 nitrogen and oxygen atoms in total. The first-order valence-electron chi connectivity index (χ1n) is 7.08. The Hall–Kier alpha value is -0.530. The van der Waals surface area contributed by atoms with Crippen LogP contribution in [0.5, 0.6) is 0 Å². The molecule has 102 valence electrons. The molecule has 1 N–H and O–H groups in total. The first-order valence-corrected chi connectivity index (χ1v) is 7.08. The third-order valence-electron chi connectivity index (χ3n) is 3.85. The Balaban J connectivity index is 0.00000162. The smallest absolute Gasteiger partial charge is 0.0345 e. The van der Waals surface area contributed by atoms with Gasteiger partial charge >= 0.3 is 0 Å². The van der Waals surface area contributed by atoms with Gasteiger partial charge in [0.15, 0.2) is 0 Å². The molecule has 1 aromatic carbocycles. The molecule has 18 heavy (non-hydrogen) atoms. The zero-order chi connectivity index (χ0) is 12.1. The van der Waals surface area contributed by atoms with Gasteiger partial charge in [0.1, 0.15) is 0 Å². The van der Waals surface area contributed by atoms with Crippen LogP contribution in [0.1, 0.15) is 57.6 Å². The summed E-state index contributed by atoms with van der Waals surface area (Å²) in [5.41, 5.74) is 1.44. The zero-order valence-corrected chi connectivity index (χ0v) is 12.4. The SMILES string of the molecule is CC(C)C(NC1CCCCC1)c1ccccc1.Cl. The molecular weight excluding hydrogens is 242 g/mol. The van der Waals surface area contributed by atoms with Crippen LogP contribution in [-0.4, -0.2) is 6.04 Å². The Kier molecular flexibility index (Phi) is 6.73. The third-order valence-corrected chi connectivity index (χ3v) is 3.85. The van der Waals surface area contributed by atoms with Crippen molar-refractivity contribution in [2.45, 2.75) is 58.0 Å². The fourth-order valence-electron chi connectivity index (χ4n) is 2.86. The molecule has 1 aliphatic carbocycles. The summed E-state index contributed by atoms with van der Waals surface area (Å²) in [4.78, 5) is 0. The van der Waals surface area contributed by atoms with Crippen LogP contribution < -0.4 is 5.32 Å². The quantitative estimate of drug-likeness (QED) is 0.832. The monoisotopic (exact) mass is 267 g/mol. The van der Waals surface area contributed by atoms with Crippen molar-refractivity contribution in [2.75, 3.05) is 0 Å². The van der Waals surface area contributed by atoms with E-state index >= 15 is 0 Å². The summed E-state index contributed by atoms with van der Waals surface area (Å²) in [6.45, 7) is 4.63. The van der Waals surface area contributed by atoms with E-state index in [4.69, 9.17) is 0 Å². The van der Waals surface area contributed by atoms with Gasteiger partial charge in [0.2, 0.25) is 0 Å². The molecule has 2 heteroatoms. The Labute approximate surface area is 118 Å².